The van der Waals surface area contributed by atoms with Gasteiger partial charge in [0.05, 0.1) is 16.9 Å². The number of anilines is 5. The number of benzene rings is 9. The van der Waals surface area contributed by atoms with Crippen molar-refractivity contribution in [3.05, 3.63) is 241 Å². The average Bonchev–Trinajstić information content (AvgIpc) is 3.60. The normalized spacial score (nSPS) is 12.1. The van der Waals surface area contributed by atoms with Gasteiger partial charge in [0.25, 0.3) is 0 Å². The number of hydrogen-bond donors (Lipinski definition) is 0. The van der Waals surface area contributed by atoms with Crippen molar-refractivity contribution in [2.24, 2.45) is 0 Å². The van der Waals surface area contributed by atoms with Crippen LogP contribution in [-0.2, 0) is 0 Å². The molecule has 0 N–H and O–H groups in total. The van der Waals surface area contributed by atoms with E-state index < -0.39 is 0 Å². The molecule has 11 rings (SSSR count). The van der Waals surface area contributed by atoms with Crippen LogP contribution in [0.15, 0.2) is 225 Å². The van der Waals surface area contributed by atoms with E-state index in [-0.39, 0.29) is 5.82 Å². The SMILES string of the molecule is C=C(/C=c1\c(=C)n(-c2ccc(F)cc2)c2ccccc12)N(c1ccc(-c2ccccc2)cc1)c1ccc(-c2ccc3c(c2)N(c2ccccc2)c2cccc4cccc-3c24)cc1. The number of allylic oxidation sites excluding steroid dienone is 1. The van der Waals surface area contributed by atoms with E-state index in [9.17, 15) is 4.39 Å². The molecule has 0 saturated carbocycles. The first kappa shape index (κ1) is 36.8. The molecule has 3 nitrogen and oxygen atoms in total. The van der Waals surface area contributed by atoms with E-state index >= 15 is 0 Å². The molecule has 1 aromatic heterocycles. The zero-order chi connectivity index (χ0) is 41.7. The van der Waals surface area contributed by atoms with Crippen LogP contribution in [-0.4, -0.2) is 4.57 Å². The number of halogens is 1. The van der Waals surface area contributed by atoms with Gasteiger partial charge in [-0.3, -0.25) is 0 Å². The predicted octanol–water partition coefficient (Wildman–Crippen LogP) is 14.2. The summed E-state index contributed by atoms with van der Waals surface area (Å²) in [6, 6.07) is 73.2. The number of hydrogen-bond acceptors (Lipinski definition) is 2. The molecule has 1 aliphatic heterocycles. The van der Waals surface area contributed by atoms with Crippen LogP contribution in [0, 0.1) is 5.82 Å². The van der Waals surface area contributed by atoms with Gasteiger partial charge in [-0.2, -0.15) is 0 Å². The molecule has 0 fully saturated rings. The second-order valence-corrected chi connectivity index (χ2v) is 15.7. The maximum absolute atomic E-state index is 14.0. The average molecular weight is 798 g/mol. The summed E-state index contributed by atoms with van der Waals surface area (Å²) in [6.07, 6.45) is 2.11. The van der Waals surface area contributed by atoms with E-state index in [0.717, 1.165) is 77.9 Å². The van der Waals surface area contributed by atoms with Crippen molar-refractivity contribution in [2.75, 3.05) is 9.80 Å². The molecule has 10 aromatic rings. The standard InChI is InChI=1S/C58H40FN3/c1-39(37-54-40(2)61(50-34-28-46(59)29-35-50)55-21-10-9-19-51(54)55)60(48-30-23-42(24-31-48)41-13-5-3-6-14-41)49-32-25-43(26-33-49)45-27-36-52-53-20-11-15-44-16-12-22-56(58(44)53)62(57(52)38-45)47-17-7-4-8-18-47/h3-38H,1-2H2/b54-37+. The molecule has 0 bridgehead atoms. The van der Waals surface area contributed by atoms with Gasteiger partial charge in [0, 0.05) is 55.4 Å². The predicted molar refractivity (Wildman–Crippen MR) is 259 cm³/mol. The van der Waals surface area contributed by atoms with Crippen LogP contribution in [0.3, 0.4) is 0 Å². The lowest BCUT2D eigenvalue weighted by Gasteiger charge is -2.34. The smallest absolute Gasteiger partial charge is 0.123 e. The van der Waals surface area contributed by atoms with Gasteiger partial charge in [0.1, 0.15) is 5.82 Å². The summed E-state index contributed by atoms with van der Waals surface area (Å²) in [5.41, 5.74) is 15.0. The Kier molecular flexibility index (Phi) is 8.98. The molecule has 0 spiro atoms. The minimum absolute atomic E-state index is 0.277. The van der Waals surface area contributed by atoms with Crippen molar-refractivity contribution in [3.63, 3.8) is 0 Å². The Morgan fingerprint density at radius 3 is 1.81 bits per heavy atom. The first-order valence-corrected chi connectivity index (χ1v) is 20.8. The summed E-state index contributed by atoms with van der Waals surface area (Å²) in [4.78, 5) is 4.59. The third kappa shape index (κ3) is 6.29. The van der Waals surface area contributed by atoms with Crippen molar-refractivity contribution in [2.45, 2.75) is 0 Å². The van der Waals surface area contributed by atoms with Crippen LogP contribution in [0.2, 0.25) is 0 Å². The molecule has 0 unspecified atom stereocenters. The van der Waals surface area contributed by atoms with Gasteiger partial charge in [-0.1, -0.05) is 147 Å². The van der Waals surface area contributed by atoms with E-state index in [1.807, 2.05) is 18.2 Å². The second-order valence-electron chi connectivity index (χ2n) is 15.7. The lowest BCUT2D eigenvalue weighted by atomic mass is 9.89. The number of fused-ring (bicyclic) bond motifs is 3. The molecule has 0 saturated heterocycles. The Balaban J connectivity index is 1.02. The van der Waals surface area contributed by atoms with Gasteiger partial charge in [0.15, 0.2) is 0 Å². The van der Waals surface area contributed by atoms with Gasteiger partial charge in [0.2, 0.25) is 0 Å². The van der Waals surface area contributed by atoms with Crippen molar-refractivity contribution in [1.29, 1.82) is 0 Å². The zero-order valence-corrected chi connectivity index (χ0v) is 33.9. The molecule has 9 aromatic carbocycles. The van der Waals surface area contributed by atoms with Gasteiger partial charge in [-0.05, 0) is 118 Å². The van der Waals surface area contributed by atoms with Crippen LogP contribution in [0.1, 0.15) is 0 Å². The zero-order valence-electron chi connectivity index (χ0n) is 33.9. The lowest BCUT2D eigenvalue weighted by Crippen LogP contribution is -2.28. The summed E-state index contributed by atoms with van der Waals surface area (Å²) in [6.45, 7) is 9.26. The Bertz CT molecular complexity index is 3420. The monoisotopic (exact) mass is 797 g/mol. The third-order valence-corrected chi connectivity index (χ3v) is 12.1. The summed E-state index contributed by atoms with van der Waals surface area (Å²) in [5, 5.41) is 5.28. The maximum atomic E-state index is 14.0. The molecule has 0 atom stereocenters. The molecule has 2 heterocycles. The largest absolute Gasteiger partial charge is 0.311 e. The van der Waals surface area contributed by atoms with Gasteiger partial charge >= 0.3 is 0 Å². The molecule has 0 amide bonds. The fourth-order valence-electron chi connectivity index (χ4n) is 9.15. The van der Waals surface area contributed by atoms with Gasteiger partial charge < -0.3 is 14.4 Å². The number of para-hydroxylation sites is 2. The first-order chi connectivity index (χ1) is 30.5. The van der Waals surface area contributed by atoms with Crippen molar-refractivity contribution < 1.29 is 4.39 Å². The van der Waals surface area contributed by atoms with Crippen molar-refractivity contribution >= 4 is 62.8 Å². The second kappa shape index (κ2) is 15.1. The fourth-order valence-corrected chi connectivity index (χ4v) is 9.15. The van der Waals surface area contributed by atoms with Crippen LogP contribution in [0.25, 0.3) is 73.4 Å². The number of nitrogens with zero attached hydrogens (tertiary/aromatic N) is 3. The molecule has 62 heavy (non-hydrogen) atoms. The fraction of sp³-hybridized carbons (Fsp3) is 0. The number of rotatable bonds is 8. The maximum Gasteiger partial charge on any atom is 0.123 e. The van der Waals surface area contributed by atoms with E-state index in [2.05, 4.69) is 197 Å². The third-order valence-electron chi connectivity index (χ3n) is 12.1. The van der Waals surface area contributed by atoms with Gasteiger partial charge in [-0.25, -0.2) is 4.39 Å². The summed E-state index contributed by atoms with van der Waals surface area (Å²) in [7, 11) is 0. The van der Waals surface area contributed by atoms with Crippen molar-refractivity contribution in [1.82, 2.24) is 4.57 Å². The van der Waals surface area contributed by atoms with E-state index in [4.69, 9.17) is 6.58 Å². The molecule has 0 radical (unpaired) electrons. The minimum Gasteiger partial charge on any atom is -0.311 e. The Labute approximate surface area is 360 Å². The molecular weight excluding hydrogens is 758 g/mol. The molecule has 294 valence electrons. The Morgan fingerprint density at radius 2 is 1.10 bits per heavy atom. The molecule has 0 aliphatic carbocycles. The van der Waals surface area contributed by atoms with E-state index in [0.29, 0.717) is 0 Å². The Morgan fingerprint density at radius 1 is 0.500 bits per heavy atom. The lowest BCUT2D eigenvalue weighted by molar-refractivity contribution is 0.627. The van der Waals surface area contributed by atoms with Gasteiger partial charge in [-0.15, -0.1) is 0 Å². The highest BCUT2D eigenvalue weighted by atomic mass is 19.1. The van der Waals surface area contributed by atoms with Crippen LogP contribution < -0.4 is 20.4 Å². The first-order valence-electron chi connectivity index (χ1n) is 20.8. The van der Waals surface area contributed by atoms with Crippen LogP contribution >= 0.6 is 0 Å². The molecular formula is C58H40FN3. The highest BCUT2D eigenvalue weighted by Gasteiger charge is 2.26. The summed E-state index contributed by atoms with van der Waals surface area (Å²) in [5.74, 6) is -0.277. The quantitative estimate of drug-likeness (QED) is 0.152. The van der Waals surface area contributed by atoms with E-state index in [1.54, 1.807) is 12.1 Å². The highest BCUT2D eigenvalue weighted by molar-refractivity contribution is 6.14. The van der Waals surface area contributed by atoms with Crippen LogP contribution in [0.4, 0.5) is 32.8 Å². The Hall–Kier alpha value is -8.21. The van der Waals surface area contributed by atoms with E-state index in [1.165, 1.54) is 39.7 Å². The topological polar surface area (TPSA) is 11.4 Å². The van der Waals surface area contributed by atoms with Crippen LogP contribution in [0.5, 0.6) is 0 Å². The minimum atomic E-state index is -0.277. The molecule has 4 heteroatoms. The highest BCUT2D eigenvalue weighted by Crippen LogP contribution is 2.51. The number of aromatic nitrogens is 1. The van der Waals surface area contributed by atoms with Crippen molar-refractivity contribution in [3.8, 4) is 39.1 Å². The summed E-state index contributed by atoms with van der Waals surface area (Å²) >= 11 is 0. The molecule has 1 aliphatic rings. The summed E-state index contributed by atoms with van der Waals surface area (Å²) < 4.78 is 16.1.